The number of carbonyl (C=O) groups is 2. The van der Waals surface area contributed by atoms with E-state index in [1.165, 1.54) is 24.1 Å². The van der Waals surface area contributed by atoms with Crippen LogP contribution in [0.5, 0.6) is 11.5 Å². The summed E-state index contributed by atoms with van der Waals surface area (Å²) in [6.45, 7) is 3.57. The van der Waals surface area contributed by atoms with Crippen molar-refractivity contribution in [3.05, 3.63) is 84.4 Å². The maximum atomic E-state index is 14.0. The van der Waals surface area contributed by atoms with Gasteiger partial charge >= 0.3 is 0 Å². The number of sulfonamides is 1. The van der Waals surface area contributed by atoms with Crippen molar-refractivity contribution in [2.75, 3.05) is 31.6 Å². The Labute approximate surface area is 230 Å². The number of rotatable bonds is 13. The van der Waals surface area contributed by atoms with Gasteiger partial charge in [0, 0.05) is 19.2 Å². The second kappa shape index (κ2) is 13.7. The van der Waals surface area contributed by atoms with E-state index in [0.717, 1.165) is 9.87 Å². The zero-order chi connectivity index (χ0) is 28.4. The van der Waals surface area contributed by atoms with E-state index in [9.17, 15) is 18.0 Å². The predicted molar refractivity (Wildman–Crippen MR) is 150 cm³/mol. The van der Waals surface area contributed by atoms with Gasteiger partial charge in [-0.2, -0.15) is 0 Å². The third kappa shape index (κ3) is 7.29. The van der Waals surface area contributed by atoms with Gasteiger partial charge in [0.1, 0.15) is 24.1 Å². The van der Waals surface area contributed by atoms with E-state index in [0.29, 0.717) is 24.5 Å². The molecule has 0 heterocycles. The Morgan fingerprint density at radius 2 is 1.51 bits per heavy atom. The smallest absolute Gasteiger partial charge is 0.264 e. The van der Waals surface area contributed by atoms with Crippen LogP contribution >= 0.6 is 0 Å². The molecule has 0 unspecified atom stereocenters. The average molecular weight is 554 g/mol. The molecule has 0 saturated carbocycles. The highest BCUT2D eigenvalue weighted by Crippen LogP contribution is 2.28. The van der Waals surface area contributed by atoms with Crippen LogP contribution in [0.4, 0.5) is 5.69 Å². The zero-order valence-electron chi connectivity index (χ0n) is 22.7. The molecule has 0 radical (unpaired) electrons. The van der Waals surface area contributed by atoms with E-state index in [1.807, 2.05) is 13.0 Å². The average Bonchev–Trinajstić information content (AvgIpc) is 2.96. The summed E-state index contributed by atoms with van der Waals surface area (Å²) in [5.41, 5.74) is 1.00. The van der Waals surface area contributed by atoms with E-state index in [-0.39, 0.29) is 23.0 Å². The Hall–Kier alpha value is -4.05. The Bertz CT molecular complexity index is 1360. The lowest BCUT2D eigenvalue weighted by molar-refractivity contribution is -0.140. The van der Waals surface area contributed by atoms with E-state index >= 15 is 0 Å². The van der Waals surface area contributed by atoms with Gasteiger partial charge in [0.2, 0.25) is 11.8 Å². The highest BCUT2D eigenvalue weighted by molar-refractivity contribution is 7.92. The molecule has 0 aliphatic rings. The molecule has 0 fully saturated rings. The molecule has 0 aromatic heterocycles. The second-order valence-corrected chi connectivity index (χ2v) is 10.6. The third-order valence-corrected chi connectivity index (χ3v) is 7.96. The van der Waals surface area contributed by atoms with Crippen molar-refractivity contribution in [2.45, 2.75) is 37.8 Å². The number of nitrogens with one attached hydrogen (secondary N) is 1. The van der Waals surface area contributed by atoms with Gasteiger partial charge in [0.25, 0.3) is 10.0 Å². The molecule has 0 aliphatic heterocycles. The minimum atomic E-state index is -4.14. The normalized spacial score (nSPS) is 11.8. The molecule has 1 N–H and O–H groups in total. The maximum absolute atomic E-state index is 14.0. The molecule has 10 heteroatoms. The molecule has 0 spiro atoms. The minimum absolute atomic E-state index is 0.0377. The summed E-state index contributed by atoms with van der Waals surface area (Å²) in [7, 11) is -1.12. The first kappa shape index (κ1) is 29.5. The molecule has 2 amide bonds. The van der Waals surface area contributed by atoms with Crippen molar-refractivity contribution < 1.29 is 27.5 Å². The molecule has 3 rings (SSSR count). The van der Waals surface area contributed by atoms with Crippen molar-refractivity contribution in [1.82, 2.24) is 10.2 Å². The predicted octanol–water partition coefficient (Wildman–Crippen LogP) is 3.84. The fourth-order valence-electron chi connectivity index (χ4n) is 4.19. The van der Waals surface area contributed by atoms with Crippen molar-refractivity contribution in [2.24, 2.45) is 0 Å². The van der Waals surface area contributed by atoms with Gasteiger partial charge < -0.3 is 19.7 Å². The number of hydrogen-bond acceptors (Lipinski definition) is 6. The number of anilines is 1. The van der Waals surface area contributed by atoms with E-state index in [4.69, 9.17) is 9.47 Å². The summed E-state index contributed by atoms with van der Waals surface area (Å²) in [6, 6.07) is 20.8. The highest BCUT2D eigenvalue weighted by atomic mass is 32.2. The summed E-state index contributed by atoms with van der Waals surface area (Å²) in [5.74, 6) is 0.208. The van der Waals surface area contributed by atoms with Crippen molar-refractivity contribution in [3.8, 4) is 11.5 Å². The molecular weight excluding hydrogens is 518 g/mol. The Balaban J connectivity index is 2.07. The van der Waals surface area contributed by atoms with Crippen molar-refractivity contribution in [3.63, 3.8) is 0 Å². The summed E-state index contributed by atoms with van der Waals surface area (Å²) < 4.78 is 39.3. The fraction of sp³-hybridized carbons (Fsp3) is 0.310. The lowest BCUT2D eigenvalue weighted by atomic mass is 10.1. The maximum Gasteiger partial charge on any atom is 0.264 e. The van der Waals surface area contributed by atoms with Crippen LogP contribution in [-0.2, 0) is 26.2 Å². The fourth-order valence-corrected chi connectivity index (χ4v) is 5.62. The first-order chi connectivity index (χ1) is 18.7. The standard InChI is InChI=1S/C29H35N3O6S/c1-5-27(29(34)30-6-2)31(20-22-12-10-14-24(18-22)37-3)28(33)21-32(23-13-11-15-25(19-23)38-4)39(35,36)26-16-8-7-9-17-26/h7-19,27H,5-6,20-21H2,1-4H3,(H,30,34)/t27-/m1/s1. The summed E-state index contributed by atoms with van der Waals surface area (Å²) in [5, 5.41) is 2.79. The van der Waals surface area contributed by atoms with Crippen LogP contribution in [-0.4, -0.2) is 58.5 Å². The van der Waals surface area contributed by atoms with Crippen LogP contribution in [0.15, 0.2) is 83.8 Å². The molecule has 3 aromatic carbocycles. The first-order valence-corrected chi connectivity index (χ1v) is 14.1. The van der Waals surface area contributed by atoms with E-state index in [2.05, 4.69) is 5.32 Å². The first-order valence-electron chi connectivity index (χ1n) is 12.7. The number of likely N-dealkylation sites (N-methyl/N-ethyl adjacent to an activating group) is 1. The second-order valence-electron chi connectivity index (χ2n) is 8.72. The van der Waals surface area contributed by atoms with Gasteiger partial charge in [-0.1, -0.05) is 43.3 Å². The molecule has 1 atom stereocenters. The van der Waals surface area contributed by atoms with Gasteiger partial charge in [0.05, 0.1) is 24.8 Å². The number of amides is 2. The van der Waals surface area contributed by atoms with Crippen molar-refractivity contribution in [1.29, 1.82) is 0 Å². The zero-order valence-corrected chi connectivity index (χ0v) is 23.5. The third-order valence-electron chi connectivity index (χ3n) is 6.18. The van der Waals surface area contributed by atoms with Crippen LogP contribution in [0, 0.1) is 0 Å². The molecule has 0 bridgehead atoms. The molecule has 39 heavy (non-hydrogen) atoms. The van der Waals surface area contributed by atoms with Gasteiger partial charge in [-0.3, -0.25) is 13.9 Å². The number of benzene rings is 3. The Kier molecular flexibility index (Phi) is 10.3. The highest BCUT2D eigenvalue weighted by Gasteiger charge is 2.33. The van der Waals surface area contributed by atoms with Crippen LogP contribution in [0.3, 0.4) is 0 Å². The Morgan fingerprint density at radius 3 is 2.13 bits per heavy atom. The number of carbonyl (C=O) groups excluding carboxylic acids is 2. The SMILES string of the molecule is CCNC(=O)[C@@H](CC)N(Cc1cccc(OC)c1)C(=O)CN(c1cccc(OC)c1)S(=O)(=O)c1ccccc1. The van der Waals surface area contributed by atoms with Crippen LogP contribution in [0.25, 0.3) is 0 Å². The topological polar surface area (TPSA) is 105 Å². The molecular formula is C29H35N3O6S. The number of hydrogen-bond donors (Lipinski definition) is 1. The number of ether oxygens (including phenoxy) is 2. The lowest BCUT2D eigenvalue weighted by Crippen LogP contribution is -2.52. The molecule has 9 nitrogen and oxygen atoms in total. The van der Waals surface area contributed by atoms with Crippen molar-refractivity contribution >= 4 is 27.5 Å². The summed E-state index contributed by atoms with van der Waals surface area (Å²) >= 11 is 0. The van der Waals surface area contributed by atoms with Gasteiger partial charge in [-0.15, -0.1) is 0 Å². The monoisotopic (exact) mass is 553 g/mol. The number of nitrogens with zero attached hydrogens (tertiary/aromatic N) is 2. The van der Waals surface area contributed by atoms with Gasteiger partial charge in [-0.05, 0) is 55.3 Å². The van der Waals surface area contributed by atoms with Crippen LogP contribution in [0.2, 0.25) is 0 Å². The summed E-state index contributed by atoms with van der Waals surface area (Å²) in [4.78, 5) is 28.5. The van der Waals surface area contributed by atoms with Crippen LogP contribution in [0.1, 0.15) is 25.8 Å². The van der Waals surface area contributed by atoms with E-state index in [1.54, 1.807) is 74.7 Å². The minimum Gasteiger partial charge on any atom is -0.497 e. The molecule has 0 aliphatic carbocycles. The van der Waals surface area contributed by atoms with Gasteiger partial charge in [0.15, 0.2) is 0 Å². The van der Waals surface area contributed by atoms with Gasteiger partial charge in [-0.25, -0.2) is 8.42 Å². The largest absolute Gasteiger partial charge is 0.497 e. The number of methoxy groups -OCH3 is 2. The molecule has 0 saturated heterocycles. The summed E-state index contributed by atoms with van der Waals surface area (Å²) in [6.07, 6.45) is 0.339. The van der Waals surface area contributed by atoms with E-state index < -0.39 is 28.5 Å². The lowest BCUT2D eigenvalue weighted by Gasteiger charge is -2.33. The van der Waals surface area contributed by atoms with Crippen LogP contribution < -0.4 is 19.1 Å². The molecule has 208 valence electrons. The quantitative estimate of drug-likeness (QED) is 0.345. The molecule has 3 aromatic rings. The Morgan fingerprint density at radius 1 is 0.872 bits per heavy atom.